The normalized spacial score (nSPS) is 18.6. The van der Waals surface area contributed by atoms with Crippen molar-refractivity contribution in [2.75, 3.05) is 31.2 Å². The molecular weight excluding hydrogens is 460 g/mol. The van der Waals surface area contributed by atoms with Gasteiger partial charge < -0.3 is 9.30 Å². The smallest absolute Gasteiger partial charge is 0.148 e. The lowest BCUT2D eigenvalue weighted by molar-refractivity contribution is 0.0334. The molecular formula is C31H30N4O2. The van der Waals surface area contributed by atoms with Crippen LogP contribution in [0.4, 0.5) is 5.82 Å². The molecule has 0 spiro atoms. The van der Waals surface area contributed by atoms with Crippen molar-refractivity contribution in [3.05, 3.63) is 107 Å². The van der Waals surface area contributed by atoms with Crippen LogP contribution in [0.5, 0.6) is 0 Å². The van der Waals surface area contributed by atoms with Gasteiger partial charge in [0.1, 0.15) is 17.5 Å². The topological polar surface area (TPSA) is 50.6 Å². The highest BCUT2D eigenvalue weighted by Gasteiger charge is 2.42. The number of nitrogens with zero attached hydrogens (tertiary/aromatic N) is 4. The van der Waals surface area contributed by atoms with E-state index in [9.17, 15) is 4.79 Å². The van der Waals surface area contributed by atoms with Gasteiger partial charge in [-0.05, 0) is 35.7 Å². The SMILES string of the molecule is CC1=C(c2cccc3ccccc23)C(N2CCOCC2)C(=C=O)N1c1cncn1Cc1ccc(C)cc1. The Balaban J connectivity index is 1.51. The third-order valence-electron chi connectivity index (χ3n) is 7.49. The fourth-order valence-electron chi connectivity index (χ4n) is 5.66. The van der Waals surface area contributed by atoms with Crippen LogP contribution in [-0.2, 0) is 16.1 Å². The van der Waals surface area contributed by atoms with Gasteiger partial charge in [-0.1, -0.05) is 72.3 Å². The number of hydrogen-bond donors (Lipinski definition) is 0. The van der Waals surface area contributed by atoms with E-state index in [0.29, 0.717) is 25.5 Å². The van der Waals surface area contributed by atoms with E-state index in [1.54, 1.807) is 0 Å². The average molecular weight is 491 g/mol. The zero-order chi connectivity index (χ0) is 25.4. The molecule has 2 aliphatic rings. The van der Waals surface area contributed by atoms with Crippen molar-refractivity contribution in [2.24, 2.45) is 0 Å². The van der Waals surface area contributed by atoms with Gasteiger partial charge in [-0.2, -0.15) is 0 Å². The lowest BCUT2D eigenvalue weighted by Gasteiger charge is -2.34. The molecule has 4 aromatic rings. The van der Waals surface area contributed by atoms with Crippen molar-refractivity contribution >= 4 is 28.1 Å². The second-order valence-corrected chi connectivity index (χ2v) is 9.76. The molecule has 3 aromatic carbocycles. The Labute approximate surface area is 217 Å². The molecule has 0 N–H and O–H groups in total. The summed E-state index contributed by atoms with van der Waals surface area (Å²) in [6.45, 7) is 7.68. The minimum absolute atomic E-state index is 0.213. The summed E-state index contributed by atoms with van der Waals surface area (Å²) in [5, 5.41) is 2.36. The van der Waals surface area contributed by atoms with Gasteiger partial charge >= 0.3 is 0 Å². The van der Waals surface area contributed by atoms with Gasteiger partial charge in [0.25, 0.3) is 0 Å². The van der Waals surface area contributed by atoms with E-state index in [-0.39, 0.29) is 6.04 Å². The number of allylic oxidation sites excluding steroid dienone is 1. The summed E-state index contributed by atoms with van der Waals surface area (Å²) in [5.74, 6) is 3.22. The second kappa shape index (κ2) is 9.83. The van der Waals surface area contributed by atoms with Crippen molar-refractivity contribution in [2.45, 2.75) is 26.4 Å². The number of morpholine rings is 1. The molecule has 0 amide bonds. The molecule has 1 fully saturated rings. The van der Waals surface area contributed by atoms with Crippen LogP contribution in [0.25, 0.3) is 16.3 Å². The molecule has 1 atom stereocenters. The van der Waals surface area contributed by atoms with E-state index in [4.69, 9.17) is 4.74 Å². The van der Waals surface area contributed by atoms with Crippen molar-refractivity contribution in [1.29, 1.82) is 0 Å². The van der Waals surface area contributed by atoms with Gasteiger partial charge in [-0.3, -0.25) is 9.80 Å². The van der Waals surface area contributed by atoms with E-state index in [0.717, 1.165) is 35.7 Å². The van der Waals surface area contributed by atoms with Gasteiger partial charge in [0.15, 0.2) is 0 Å². The van der Waals surface area contributed by atoms with Gasteiger partial charge in [0.05, 0.1) is 38.3 Å². The molecule has 1 unspecified atom stereocenters. The van der Waals surface area contributed by atoms with Crippen molar-refractivity contribution < 1.29 is 9.53 Å². The van der Waals surface area contributed by atoms with Crippen LogP contribution in [0.3, 0.4) is 0 Å². The number of fused-ring (bicyclic) bond motifs is 1. The Bertz CT molecular complexity index is 1520. The number of aromatic nitrogens is 2. The summed E-state index contributed by atoms with van der Waals surface area (Å²) in [7, 11) is 0. The Morgan fingerprint density at radius 1 is 0.973 bits per heavy atom. The monoisotopic (exact) mass is 490 g/mol. The first-order chi connectivity index (χ1) is 18.2. The number of carbonyl (C=O) groups excluding carboxylic acids is 1. The van der Waals surface area contributed by atoms with E-state index in [2.05, 4.69) is 106 Å². The summed E-state index contributed by atoms with van der Waals surface area (Å²) < 4.78 is 7.77. The number of anilines is 1. The maximum Gasteiger partial charge on any atom is 0.148 e. The van der Waals surface area contributed by atoms with Gasteiger partial charge in [-0.15, -0.1) is 0 Å². The average Bonchev–Trinajstić information content (AvgIpc) is 3.50. The third kappa shape index (κ3) is 4.19. The predicted octanol–water partition coefficient (Wildman–Crippen LogP) is 5.06. The zero-order valence-electron chi connectivity index (χ0n) is 21.2. The largest absolute Gasteiger partial charge is 0.379 e. The van der Waals surface area contributed by atoms with Crippen LogP contribution in [-0.4, -0.2) is 52.7 Å². The summed E-state index contributed by atoms with van der Waals surface area (Å²) >= 11 is 0. The predicted molar refractivity (Wildman–Crippen MR) is 147 cm³/mol. The highest BCUT2D eigenvalue weighted by atomic mass is 16.5. The van der Waals surface area contributed by atoms with Crippen LogP contribution in [0.1, 0.15) is 23.6 Å². The van der Waals surface area contributed by atoms with Crippen molar-refractivity contribution in [3.63, 3.8) is 0 Å². The molecule has 0 radical (unpaired) electrons. The van der Waals surface area contributed by atoms with Gasteiger partial charge in [0.2, 0.25) is 0 Å². The fourth-order valence-corrected chi connectivity index (χ4v) is 5.66. The minimum atomic E-state index is -0.213. The minimum Gasteiger partial charge on any atom is -0.379 e. The van der Waals surface area contributed by atoms with Gasteiger partial charge in [0, 0.05) is 24.4 Å². The van der Waals surface area contributed by atoms with Crippen LogP contribution < -0.4 is 4.90 Å². The van der Waals surface area contributed by atoms with Crippen LogP contribution in [0, 0.1) is 6.92 Å². The van der Waals surface area contributed by atoms with E-state index >= 15 is 0 Å². The molecule has 1 aromatic heterocycles. The van der Waals surface area contributed by atoms with E-state index in [1.165, 1.54) is 21.9 Å². The molecule has 37 heavy (non-hydrogen) atoms. The quantitative estimate of drug-likeness (QED) is 0.366. The highest BCUT2D eigenvalue weighted by molar-refractivity contribution is 6.00. The molecule has 1 saturated heterocycles. The number of hydrogen-bond acceptors (Lipinski definition) is 5. The van der Waals surface area contributed by atoms with E-state index in [1.807, 2.05) is 12.5 Å². The molecule has 0 saturated carbocycles. The summed E-state index contributed by atoms with van der Waals surface area (Å²) in [5.41, 5.74) is 6.32. The molecule has 0 aliphatic carbocycles. The molecule has 6 heteroatoms. The number of ether oxygens (including phenoxy) is 1. The molecule has 2 aliphatic heterocycles. The number of aryl methyl sites for hydroxylation is 1. The fraction of sp³-hybridized carbons (Fsp3) is 0.258. The summed E-state index contributed by atoms with van der Waals surface area (Å²) in [6.07, 6.45) is 3.68. The first kappa shape index (κ1) is 23.4. The lowest BCUT2D eigenvalue weighted by atomic mass is 9.92. The van der Waals surface area contributed by atoms with Crippen LogP contribution in [0.15, 0.2) is 90.6 Å². The van der Waals surface area contributed by atoms with Crippen molar-refractivity contribution in [3.8, 4) is 0 Å². The number of imidazole rings is 1. The Morgan fingerprint density at radius 2 is 1.73 bits per heavy atom. The molecule has 0 bridgehead atoms. The second-order valence-electron chi connectivity index (χ2n) is 9.76. The van der Waals surface area contributed by atoms with E-state index < -0.39 is 0 Å². The Morgan fingerprint density at radius 3 is 2.51 bits per heavy atom. The standard InChI is InChI=1S/C31H30N4O2/c1-22-10-12-24(13-11-22)19-34-21-32-18-29(34)35-23(2)30(27-9-5-7-25-6-3-4-8-26(25)27)31(28(35)20-36)33-14-16-37-17-15-33/h3-13,18,21,31H,14-17,19H2,1-2H3. The lowest BCUT2D eigenvalue weighted by Crippen LogP contribution is -2.45. The molecule has 6 rings (SSSR count). The highest BCUT2D eigenvalue weighted by Crippen LogP contribution is 2.44. The Hall–Kier alpha value is -3.96. The molecule has 186 valence electrons. The maximum absolute atomic E-state index is 12.7. The number of rotatable bonds is 5. The van der Waals surface area contributed by atoms with Crippen LogP contribution >= 0.6 is 0 Å². The van der Waals surface area contributed by atoms with Crippen molar-refractivity contribution in [1.82, 2.24) is 14.5 Å². The molecule has 3 heterocycles. The number of benzene rings is 3. The van der Waals surface area contributed by atoms with Crippen LogP contribution in [0.2, 0.25) is 0 Å². The van der Waals surface area contributed by atoms with Gasteiger partial charge in [-0.25, -0.2) is 9.78 Å². The summed E-state index contributed by atoms with van der Waals surface area (Å²) in [6, 6.07) is 23.2. The first-order valence-electron chi connectivity index (χ1n) is 12.8. The first-order valence-corrected chi connectivity index (χ1v) is 12.8. The Kier molecular flexibility index (Phi) is 6.23. The summed E-state index contributed by atoms with van der Waals surface area (Å²) in [4.78, 5) is 21.6. The third-order valence-corrected chi connectivity index (χ3v) is 7.49. The maximum atomic E-state index is 12.7. The zero-order valence-corrected chi connectivity index (χ0v) is 21.2. The molecule has 6 nitrogen and oxygen atoms in total.